The Hall–Kier alpha value is -17.3. The van der Waals surface area contributed by atoms with E-state index in [0.29, 0.717) is 108 Å². The van der Waals surface area contributed by atoms with Crippen LogP contribution in [0.1, 0.15) is 43.2 Å². The minimum atomic E-state index is -4.49. The van der Waals surface area contributed by atoms with Crippen molar-refractivity contribution in [3.8, 4) is 164 Å². The van der Waals surface area contributed by atoms with E-state index in [1.54, 1.807) is 152 Å². The predicted molar refractivity (Wildman–Crippen MR) is 506 cm³/mol. The number of pyridine rings is 8. The molecule has 2 N–H and O–H groups in total. The highest BCUT2D eigenvalue weighted by Gasteiger charge is 2.32. The number of carbonyl (C=O) groups excluding carboxylic acids is 1. The molecule has 0 saturated heterocycles. The second-order valence-electron chi connectivity index (χ2n) is 30.6. The molecule has 135 heavy (non-hydrogen) atoms. The number of anilines is 1. The molecule has 0 aliphatic rings. The lowest BCUT2D eigenvalue weighted by atomic mass is 9.99. The number of hydrogen-bond donors (Lipinski definition) is 2. The van der Waals surface area contributed by atoms with E-state index in [2.05, 4.69) is 94.1 Å². The summed E-state index contributed by atoms with van der Waals surface area (Å²) in [6.07, 6.45) is 16.3. The lowest BCUT2D eigenvalue weighted by Gasteiger charge is -2.14. The normalized spacial score (nSPS) is 11.1. The van der Waals surface area contributed by atoms with Gasteiger partial charge in [-0.2, -0.15) is 13.2 Å². The van der Waals surface area contributed by atoms with Crippen molar-refractivity contribution >= 4 is 40.2 Å². The second-order valence-corrected chi connectivity index (χ2v) is 30.6. The first kappa shape index (κ1) is 91.0. The number of rotatable bonds is 22. The molecule has 30 heteroatoms. The van der Waals surface area contributed by atoms with Crippen LogP contribution < -0.4 is 47.9 Å². The van der Waals surface area contributed by atoms with E-state index in [1.165, 1.54) is 68.1 Å². The summed E-state index contributed by atoms with van der Waals surface area (Å²) in [4.78, 5) is 60.4. The van der Waals surface area contributed by atoms with Gasteiger partial charge in [0.15, 0.2) is 40.2 Å². The number of aromatic carboxylic acids is 1. The van der Waals surface area contributed by atoms with Gasteiger partial charge in [-0.1, -0.05) is 60.2 Å². The number of nitrogens with one attached hydrogen (secondary N) is 1. The topological polar surface area (TPSA) is 270 Å². The Morgan fingerprint density at radius 2 is 0.652 bits per heavy atom. The number of methoxy groups -OCH3 is 9. The Bertz CT molecular complexity index is 7610. The van der Waals surface area contributed by atoms with Crippen LogP contribution in [0.2, 0.25) is 0 Å². The Balaban J connectivity index is 0.000000132. The van der Waals surface area contributed by atoms with Gasteiger partial charge in [0, 0.05) is 145 Å². The van der Waals surface area contributed by atoms with E-state index < -0.39 is 23.6 Å². The van der Waals surface area contributed by atoms with Crippen molar-refractivity contribution in [2.24, 2.45) is 0 Å². The average Bonchev–Trinajstić information content (AvgIpc) is 1.64. The molecule has 0 atom stereocenters. The summed E-state index contributed by atoms with van der Waals surface area (Å²) < 4.78 is 124. The summed E-state index contributed by atoms with van der Waals surface area (Å²) in [7, 11) is 14.0. The fraction of sp³-hybridized carbons (Fsp3) is 0.124. The molecule has 0 radical (unpaired) electrons. The van der Waals surface area contributed by atoms with Crippen LogP contribution in [-0.4, -0.2) is 138 Å². The number of ether oxygens (including phenoxy) is 9. The Morgan fingerprint density at radius 1 is 0.326 bits per heavy atom. The molecule has 19 aromatic rings. The standard InChI is InChI=1S/C29H23F3N4O4.C28H24FN3O3.C28H25N3O3.C20H14FN3O2/c1-38-23-13-20(14-24(39-2)27(23)40-3)35-28(37)22-15-34-25-10-9-18(16-36(22)25)21-8-5-11-33-26(21)17-6-4-7-19(12-17)29(30,31)32;1-17-12-18(7-9-22(17)29)27-21(6-5-11-30-27)19-8-10-26-31-15-23(32(26)16-19)20-13-24(33-2)28(35-4)25(14-20)34-3;1-18-7-5-8-19(13-18)27-22(9-6-12-29-27)20-10-11-26-30-16-23(31(26)17-20)21-14-24(32-2)28(34-4)25(15-21)33-3;1-12-9-13(4-6-16(12)21)19-15(3-2-8-22-19)14-5-7-18-23-10-17(20(25)26)24(18)11-14/h4-16H,1-3H3,(H,35,37);5-16H,1-4H3;5-17H,1-4H3;2-11H,1H3,(H,25,26). The third-order valence-electron chi connectivity index (χ3n) is 22.4. The van der Waals surface area contributed by atoms with E-state index in [-0.39, 0.29) is 23.0 Å². The molecule has 0 bridgehead atoms. The number of imidazole rings is 4. The zero-order chi connectivity index (χ0) is 94.9. The second kappa shape index (κ2) is 39.6. The fourth-order valence-electron chi connectivity index (χ4n) is 15.8. The Labute approximate surface area is 770 Å². The van der Waals surface area contributed by atoms with Crippen LogP contribution in [0.15, 0.2) is 293 Å². The number of aromatic nitrogens is 12. The van der Waals surface area contributed by atoms with E-state index in [1.807, 2.05) is 114 Å². The van der Waals surface area contributed by atoms with E-state index in [9.17, 15) is 36.6 Å². The highest BCUT2D eigenvalue weighted by molar-refractivity contribution is 6.04. The Morgan fingerprint density at radius 3 is 1.01 bits per heavy atom. The number of amides is 1. The zero-order valence-corrected chi connectivity index (χ0v) is 74.9. The van der Waals surface area contributed by atoms with Gasteiger partial charge in [0.05, 0.1) is 129 Å². The van der Waals surface area contributed by atoms with Gasteiger partial charge in [-0.25, -0.2) is 33.5 Å². The quantitative estimate of drug-likeness (QED) is 0.0597. The fourth-order valence-corrected chi connectivity index (χ4v) is 15.8. The van der Waals surface area contributed by atoms with Crippen molar-refractivity contribution in [2.75, 3.05) is 69.3 Å². The van der Waals surface area contributed by atoms with Crippen molar-refractivity contribution in [1.82, 2.24) is 57.5 Å². The molecule has 0 unspecified atom stereocenters. The number of fused-ring (bicyclic) bond motifs is 4. The van der Waals surface area contributed by atoms with E-state index in [4.69, 9.17) is 47.6 Å². The van der Waals surface area contributed by atoms with Crippen molar-refractivity contribution in [1.29, 1.82) is 0 Å². The number of aryl methyl sites for hydroxylation is 3. The predicted octanol–water partition coefficient (Wildman–Crippen LogP) is 22.8. The van der Waals surface area contributed by atoms with Crippen LogP contribution in [0.25, 0.3) is 135 Å². The van der Waals surface area contributed by atoms with E-state index in [0.717, 1.165) is 107 Å². The number of carboxylic acids is 1. The van der Waals surface area contributed by atoms with Gasteiger partial charge in [0.25, 0.3) is 5.91 Å². The highest BCUT2D eigenvalue weighted by atomic mass is 19.4. The number of carboxylic acid groups (broad SMARTS) is 1. The van der Waals surface area contributed by atoms with Gasteiger partial charge in [-0.05, 0) is 184 Å². The van der Waals surface area contributed by atoms with Gasteiger partial charge in [0.2, 0.25) is 17.2 Å². The van der Waals surface area contributed by atoms with Gasteiger partial charge in [-0.15, -0.1) is 0 Å². The largest absolute Gasteiger partial charge is 0.493 e. The molecule has 0 fully saturated rings. The lowest BCUT2D eigenvalue weighted by molar-refractivity contribution is -0.137. The number of hydrogen-bond acceptors (Lipinski definition) is 19. The third kappa shape index (κ3) is 18.9. The molecule has 19 rings (SSSR count). The monoisotopic (exact) mass is 1820 g/mol. The molecule has 25 nitrogen and oxygen atoms in total. The number of benzene rings is 7. The first-order chi connectivity index (χ1) is 65.4. The van der Waals surface area contributed by atoms with Gasteiger partial charge in [-0.3, -0.25) is 42.3 Å². The molecule has 7 aromatic carbocycles. The maximum Gasteiger partial charge on any atom is 0.416 e. The molecule has 0 saturated carbocycles. The SMILES string of the molecule is COc1cc(-c2cnc3ccc(-c4cccnc4-c4ccc(F)c(C)c4)cn23)cc(OC)c1OC.COc1cc(-c2cnc3ccc(-c4cccnc4-c4cccc(C)c4)cn23)cc(OC)c1OC.COc1cc(NC(=O)c2cnc3ccc(-c4cccnc4-c4cccc(C(F)(F)F)c4)cn23)cc(OC)c1OC.Cc1cc(-c2ncccc2-c2ccc3ncc(C(=O)O)n3c2)ccc1F. The third-order valence-corrected chi connectivity index (χ3v) is 22.4. The minimum absolute atomic E-state index is 0.0879. The number of alkyl halides is 3. The van der Waals surface area contributed by atoms with Crippen molar-refractivity contribution in [3.05, 3.63) is 338 Å². The molecule has 12 aromatic heterocycles. The molecular weight excluding hydrogens is 1730 g/mol. The average molecular weight is 1820 g/mol. The van der Waals surface area contributed by atoms with Gasteiger partial charge >= 0.3 is 12.1 Å². The molecule has 0 aliphatic carbocycles. The lowest BCUT2D eigenvalue weighted by Crippen LogP contribution is -2.14. The summed E-state index contributed by atoms with van der Waals surface area (Å²) in [6.45, 7) is 5.55. The zero-order valence-electron chi connectivity index (χ0n) is 74.9. The van der Waals surface area contributed by atoms with Crippen LogP contribution in [-0.2, 0) is 6.18 Å². The maximum atomic E-state index is 13.9. The van der Waals surface area contributed by atoms with Crippen molar-refractivity contribution in [2.45, 2.75) is 26.9 Å². The van der Waals surface area contributed by atoms with Gasteiger partial charge < -0.3 is 53.1 Å². The molecule has 1 amide bonds. The maximum absolute atomic E-state index is 13.9. The Kier molecular flexibility index (Phi) is 26.7. The summed E-state index contributed by atoms with van der Waals surface area (Å²) in [6, 6.07) is 64.5. The number of nitrogens with zero attached hydrogens (tertiary/aromatic N) is 12. The summed E-state index contributed by atoms with van der Waals surface area (Å²) in [5.74, 6) is 2.53. The van der Waals surface area contributed by atoms with Crippen LogP contribution in [0.4, 0.5) is 27.6 Å². The first-order valence-corrected chi connectivity index (χ1v) is 41.9. The first-order valence-electron chi connectivity index (χ1n) is 41.9. The number of carbonyl (C=O) groups is 2. The minimum Gasteiger partial charge on any atom is -0.493 e. The van der Waals surface area contributed by atoms with Crippen LogP contribution in [0.3, 0.4) is 0 Å². The van der Waals surface area contributed by atoms with Crippen molar-refractivity contribution in [3.63, 3.8) is 0 Å². The molecule has 0 spiro atoms. The summed E-state index contributed by atoms with van der Waals surface area (Å²) in [5.41, 5.74) is 21.2. The van der Waals surface area contributed by atoms with Gasteiger partial charge in [0.1, 0.15) is 39.9 Å². The summed E-state index contributed by atoms with van der Waals surface area (Å²) >= 11 is 0. The highest BCUT2D eigenvalue weighted by Crippen LogP contribution is 2.46. The molecule has 678 valence electrons. The number of halogens is 5. The van der Waals surface area contributed by atoms with Crippen molar-refractivity contribution < 1.29 is 79.3 Å². The van der Waals surface area contributed by atoms with Crippen LogP contribution in [0.5, 0.6) is 51.7 Å². The summed E-state index contributed by atoms with van der Waals surface area (Å²) in [5, 5.41) is 12.1. The van der Waals surface area contributed by atoms with Crippen LogP contribution in [0, 0.1) is 32.4 Å². The van der Waals surface area contributed by atoms with Crippen LogP contribution >= 0.6 is 0 Å². The van der Waals surface area contributed by atoms with E-state index >= 15 is 0 Å². The molecule has 12 heterocycles. The molecule has 0 aliphatic heterocycles. The molecular formula is C105H86F5N13O12. The smallest absolute Gasteiger partial charge is 0.416 e.